The van der Waals surface area contributed by atoms with Crippen molar-refractivity contribution in [1.29, 1.82) is 0 Å². The number of nitrogens with two attached hydrogens (primary N) is 1. The Bertz CT molecular complexity index is 670. The summed E-state index contributed by atoms with van der Waals surface area (Å²) in [5, 5.41) is 2.78. The number of fused-ring (bicyclic) bond motifs is 1. The second-order valence-electron chi connectivity index (χ2n) is 4.33. The molecule has 2 aromatic carbocycles. The van der Waals surface area contributed by atoms with Crippen LogP contribution in [0.3, 0.4) is 0 Å². The highest BCUT2D eigenvalue weighted by molar-refractivity contribution is 9.10. The van der Waals surface area contributed by atoms with E-state index in [2.05, 4.69) is 21.2 Å². The maximum atomic E-state index is 11.3. The third kappa shape index (κ3) is 2.42. The molecule has 1 aliphatic rings. The molecule has 5 heteroatoms. The standard InChI is InChI=1S/C14H11BrN2O2/c15-9-2-1-3-10(6-9)19-13-7-12-8(4-11(13)16)5-14(18)17-12/h1-4,6-7H,5,16H2,(H,17,18). The predicted octanol–water partition coefficient (Wildman–Crippen LogP) is 3.32. The SMILES string of the molecule is Nc1cc2c(cc1Oc1cccc(Br)c1)NC(=O)C2. The highest BCUT2D eigenvalue weighted by atomic mass is 79.9. The average Bonchev–Trinajstić information content (AvgIpc) is 2.69. The Morgan fingerprint density at radius 3 is 2.89 bits per heavy atom. The number of benzene rings is 2. The number of hydrogen-bond donors (Lipinski definition) is 2. The molecule has 0 unspecified atom stereocenters. The molecule has 0 radical (unpaired) electrons. The number of carbonyl (C=O) groups excluding carboxylic acids is 1. The number of anilines is 2. The monoisotopic (exact) mass is 318 g/mol. The molecule has 1 heterocycles. The van der Waals surface area contributed by atoms with Gasteiger partial charge in [-0.2, -0.15) is 0 Å². The van der Waals surface area contributed by atoms with Gasteiger partial charge in [0, 0.05) is 16.2 Å². The van der Waals surface area contributed by atoms with Crippen LogP contribution in [0.2, 0.25) is 0 Å². The number of carbonyl (C=O) groups is 1. The van der Waals surface area contributed by atoms with Crippen molar-refractivity contribution in [2.45, 2.75) is 6.42 Å². The number of ether oxygens (including phenoxy) is 1. The molecule has 4 nitrogen and oxygen atoms in total. The van der Waals surface area contributed by atoms with E-state index in [9.17, 15) is 4.79 Å². The number of halogens is 1. The minimum atomic E-state index is -0.0194. The molecule has 0 spiro atoms. The Balaban J connectivity index is 1.94. The van der Waals surface area contributed by atoms with Crippen LogP contribution in [0.25, 0.3) is 0 Å². The van der Waals surface area contributed by atoms with Crippen LogP contribution in [0, 0.1) is 0 Å². The third-order valence-corrected chi connectivity index (χ3v) is 3.38. The summed E-state index contributed by atoms with van der Waals surface area (Å²) >= 11 is 3.38. The molecule has 1 amide bonds. The molecule has 1 aliphatic heterocycles. The lowest BCUT2D eigenvalue weighted by molar-refractivity contribution is -0.115. The van der Waals surface area contributed by atoms with Gasteiger partial charge in [-0.1, -0.05) is 22.0 Å². The van der Waals surface area contributed by atoms with Crippen LogP contribution < -0.4 is 15.8 Å². The van der Waals surface area contributed by atoms with E-state index in [1.54, 1.807) is 12.1 Å². The molecule has 19 heavy (non-hydrogen) atoms. The van der Waals surface area contributed by atoms with Crippen molar-refractivity contribution in [2.24, 2.45) is 0 Å². The average molecular weight is 319 g/mol. The molecular weight excluding hydrogens is 308 g/mol. The molecule has 2 aromatic rings. The van der Waals surface area contributed by atoms with E-state index in [1.165, 1.54) is 0 Å². The van der Waals surface area contributed by atoms with Gasteiger partial charge in [-0.15, -0.1) is 0 Å². The molecule has 96 valence electrons. The third-order valence-electron chi connectivity index (χ3n) is 2.88. The zero-order chi connectivity index (χ0) is 13.4. The van der Waals surface area contributed by atoms with Gasteiger partial charge in [0.25, 0.3) is 0 Å². The molecule has 0 aromatic heterocycles. The van der Waals surface area contributed by atoms with E-state index in [4.69, 9.17) is 10.5 Å². The van der Waals surface area contributed by atoms with Gasteiger partial charge in [0.2, 0.25) is 5.91 Å². The number of nitrogen functional groups attached to an aromatic ring is 1. The van der Waals surface area contributed by atoms with Crippen molar-refractivity contribution in [3.8, 4) is 11.5 Å². The van der Waals surface area contributed by atoms with Crippen LogP contribution in [-0.4, -0.2) is 5.91 Å². The van der Waals surface area contributed by atoms with E-state index < -0.39 is 0 Å². The lowest BCUT2D eigenvalue weighted by atomic mass is 10.1. The zero-order valence-electron chi connectivity index (χ0n) is 9.94. The highest BCUT2D eigenvalue weighted by Gasteiger charge is 2.20. The lowest BCUT2D eigenvalue weighted by Crippen LogP contribution is -2.03. The first-order valence-corrected chi connectivity index (χ1v) is 6.57. The van der Waals surface area contributed by atoms with Gasteiger partial charge in [0.05, 0.1) is 12.1 Å². The first kappa shape index (κ1) is 12.0. The first-order valence-electron chi connectivity index (χ1n) is 5.77. The molecule has 3 N–H and O–H groups in total. The topological polar surface area (TPSA) is 64.3 Å². The maximum absolute atomic E-state index is 11.3. The van der Waals surface area contributed by atoms with Gasteiger partial charge in [-0.3, -0.25) is 4.79 Å². The van der Waals surface area contributed by atoms with Gasteiger partial charge >= 0.3 is 0 Å². The van der Waals surface area contributed by atoms with Gasteiger partial charge in [-0.05, 0) is 29.8 Å². The lowest BCUT2D eigenvalue weighted by Gasteiger charge is -2.10. The van der Waals surface area contributed by atoms with E-state index in [1.807, 2.05) is 24.3 Å². The van der Waals surface area contributed by atoms with E-state index in [0.717, 1.165) is 15.7 Å². The Morgan fingerprint density at radius 1 is 1.26 bits per heavy atom. The molecule has 0 atom stereocenters. The molecule has 0 saturated carbocycles. The molecule has 3 rings (SSSR count). The second kappa shape index (κ2) is 4.59. The smallest absolute Gasteiger partial charge is 0.228 e. The highest BCUT2D eigenvalue weighted by Crippen LogP contribution is 2.35. The maximum Gasteiger partial charge on any atom is 0.228 e. The Morgan fingerprint density at radius 2 is 2.11 bits per heavy atom. The molecule has 0 fully saturated rings. The fourth-order valence-corrected chi connectivity index (χ4v) is 2.40. The van der Waals surface area contributed by atoms with Crippen LogP contribution in [0.1, 0.15) is 5.56 Å². The van der Waals surface area contributed by atoms with Gasteiger partial charge in [0.15, 0.2) is 5.75 Å². The van der Waals surface area contributed by atoms with Crippen molar-refractivity contribution in [2.75, 3.05) is 11.1 Å². The molecule has 0 bridgehead atoms. The van der Waals surface area contributed by atoms with Crippen molar-refractivity contribution in [3.05, 3.63) is 46.4 Å². The minimum Gasteiger partial charge on any atom is -0.455 e. The zero-order valence-corrected chi connectivity index (χ0v) is 11.5. The van der Waals surface area contributed by atoms with Crippen LogP contribution in [0.15, 0.2) is 40.9 Å². The molecule has 0 saturated heterocycles. The van der Waals surface area contributed by atoms with Crippen LogP contribution in [0.5, 0.6) is 11.5 Å². The molecule has 0 aliphatic carbocycles. The fraction of sp³-hybridized carbons (Fsp3) is 0.0714. The van der Waals surface area contributed by atoms with E-state index in [-0.39, 0.29) is 5.91 Å². The van der Waals surface area contributed by atoms with Crippen LogP contribution in [0.4, 0.5) is 11.4 Å². The van der Waals surface area contributed by atoms with Crippen molar-refractivity contribution in [3.63, 3.8) is 0 Å². The summed E-state index contributed by atoms with van der Waals surface area (Å²) in [7, 11) is 0. The van der Waals surface area contributed by atoms with Gasteiger partial charge in [0.1, 0.15) is 5.75 Å². The first-order chi connectivity index (χ1) is 9.11. The number of rotatable bonds is 2. The Kier molecular flexibility index (Phi) is 2.91. The largest absolute Gasteiger partial charge is 0.455 e. The van der Waals surface area contributed by atoms with Gasteiger partial charge in [-0.25, -0.2) is 0 Å². The second-order valence-corrected chi connectivity index (χ2v) is 5.25. The quantitative estimate of drug-likeness (QED) is 0.835. The number of amides is 1. The van der Waals surface area contributed by atoms with Crippen molar-refractivity contribution >= 4 is 33.2 Å². The van der Waals surface area contributed by atoms with E-state index in [0.29, 0.717) is 23.6 Å². The minimum absolute atomic E-state index is 0.0194. The summed E-state index contributed by atoms with van der Waals surface area (Å²) in [5.41, 5.74) is 8.15. The van der Waals surface area contributed by atoms with Crippen LogP contribution in [-0.2, 0) is 11.2 Å². The summed E-state index contributed by atoms with van der Waals surface area (Å²) < 4.78 is 6.67. The summed E-state index contributed by atoms with van der Waals surface area (Å²) in [6, 6.07) is 11.0. The molecular formula is C14H11BrN2O2. The fourth-order valence-electron chi connectivity index (χ4n) is 2.02. The Hall–Kier alpha value is -2.01. The van der Waals surface area contributed by atoms with E-state index >= 15 is 0 Å². The Labute approximate surface area is 118 Å². The van der Waals surface area contributed by atoms with Crippen molar-refractivity contribution in [1.82, 2.24) is 0 Å². The van der Waals surface area contributed by atoms with Crippen molar-refractivity contribution < 1.29 is 9.53 Å². The number of hydrogen-bond acceptors (Lipinski definition) is 3. The summed E-state index contributed by atoms with van der Waals surface area (Å²) in [5.74, 6) is 1.21. The predicted molar refractivity (Wildman–Crippen MR) is 77.4 cm³/mol. The normalized spacial score (nSPS) is 13.0. The number of nitrogens with one attached hydrogen (secondary N) is 1. The van der Waals surface area contributed by atoms with Gasteiger partial charge < -0.3 is 15.8 Å². The summed E-state index contributed by atoms with van der Waals surface area (Å²) in [6.45, 7) is 0. The summed E-state index contributed by atoms with van der Waals surface area (Å²) in [4.78, 5) is 11.3. The summed E-state index contributed by atoms with van der Waals surface area (Å²) in [6.07, 6.45) is 0.372. The van der Waals surface area contributed by atoms with Crippen LogP contribution >= 0.6 is 15.9 Å².